The highest BCUT2D eigenvalue weighted by molar-refractivity contribution is 6.08. The van der Waals surface area contributed by atoms with E-state index >= 15 is 4.39 Å². The van der Waals surface area contributed by atoms with Crippen LogP contribution in [0.4, 0.5) is 10.1 Å². The molecule has 32 heavy (non-hydrogen) atoms. The molecule has 0 radical (unpaired) electrons. The Morgan fingerprint density at radius 2 is 2.03 bits per heavy atom. The normalized spacial score (nSPS) is 23.5. The van der Waals surface area contributed by atoms with Crippen LogP contribution in [0.5, 0.6) is 0 Å². The topological polar surface area (TPSA) is 71.8 Å². The maximum Gasteiger partial charge on any atom is 0.255 e. The highest BCUT2D eigenvalue weighted by Crippen LogP contribution is 2.55. The molecule has 1 amide bonds. The van der Waals surface area contributed by atoms with Gasteiger partial charge in [0.25, 0.3) is 5.91 Å². The zero-order chi connectivity index (χ0) is 21.8. The van der Waals surface area contributed by atoms with E-state index in [2.05, 4.69) is 27.6 Å². The number of benzene rings is 1. The van der Waals surface area contributed by atoms with Gasteiger partial charge in [0.05, 0.1) is 23.0 Å². The first-order valence-corrected chi connectivity index (χ1v) is 11.8. The van der Waals surface area contributed by atoms with Gasteiger partial charge in [0.2, 0.25) is 0 Å². The molecule has 3 aromatic rings. The molecule has 7 rings (SSSR count). The van der Waals surface area contributed by atoms with Crippen LogP contribution >= 0.6 is 0 Å². The predicted octanol–water partition coefficient (Wildman–Crippen LogP) is 4.75. The molecular formula is C25H28FN5O. The number of nitrogens with zero attached hydrogens (tertiary/aromatic N) is 3. The summed E-state index contributed by atoms with van der Waals surface area (Å²) in [5.41, 5.74) is 3.12. The lowest BCUT2D eigenvalue weighted by atomic mass is 9.52. The van der Waals surface area contributed by atoms with Gasteiger partial charge >= 0.3 is 0 Å². The molecule has 4 fully saturated rings. The molecule has 2 N–H and O–H groups in total. The van der Waals surface area contributed by atoms with Crippen LogP contribution in [0.3, 0.4) is 0 Å². The third kappa shape index (κ3) is 3.34. The van der Waals surface area contributed by atoms with Crippen LogP contribution in [0, 0.1) is 17.7 Å². The largest absolute Gasteiger partial charge is 0.381 e. The van der Waals surface area contributed by atoms with Gasteiger partial charge in [0.15, 0.2) is 0 Å². The number of fused-ring (bicyclic) bond motifs is 1. The zero-order valence-corrected chi connectivity index (χ0v) is 18.3. The van der Waals surface area contributed by atoms with E-state index in [1.54, 1.807) is 12.4 Å². The van der Waals surface area contributed by atoms with E-state index in [1.807, 2.05) is 16.9 Å². The molecule has 7 heteroatoms. The number of halogens is 1. The summed E-state index contributed by atoms with van der Waals surface area (Å²) in [5, 5.41) is 11.9. The number of carbonyl (C=O) groups excluding carboxylic acids is 1. The number of nitrogens with one attached hydrogen (secondary N) is 2. The number of aryl methyl sites for hydroxylation is 1. The van der Waals surface area contributed by atoms with Gasteiger partial charge in [-0.15, -0.1) is 0 Å². The molecule has 1 aromatic carbocycles. The van der Waals surface area contributed by atoms with Gasteiger partial charge in [0, 0.05) is 53.6 Å². The summed E-state index contributed by atoms with van der Waals surface area (Å²) in [4.78, 5) is 17.4. The molecule has 2 aromatic heterocycles. The minimum atomic E-state index is -0.326. The molecule has 4 aliphatic rings. The van der Waals surface area contributed by atoms with E-state index in [9.17, 15) is 4.79 Å². The van der Waals surface area contributed by atoms with Crippen molar-refractivity contribution in [2.75, 3.05) is 5.32 Å². The lowest BCUT2D eigenvalue weighted by Crippen LogP contribution is -2.59. The lowest BCUT2D eigenvalue weighted by Gasteiger charge is -2.58. The van der Waals surface area contributed by atoms with Crippen LogP contribution in [-0.4, -0.2) is 32.8 Å². The Morgan fingerprint density at radius 3 is 2.72 bits per heavy atom. The zero-order valence-electron chi connectivity index (χ0n) is 18.3. The maximum atomic E-state index is 15.1. The second-order valence-corrected chi connectivity index (χ2v) is 9.65. The summed E-state index contributed by atoms with van der Waals surface area (Å²) in [5.74, 6) is 0.932. The molecule has 0 aliphatic heterocycles. The predicted molar refractivity (Wildman–Crippen MR) is 122 cm³/mol. The number of rotatable bonds is 8. The fourth-order valence-corrected chi connectivity index (χ4v) is 4.89. The first kappa shape index (κ1) is 19.7. The van der Waals surface area contributed by atoms with Crippen molar-refractivity contribution < 1.29 is 9.18 Å². The number of pyridine rings is 1. The Labute approximate surface area is 186 Å². The summed E-state index contributed by atoms with van der Waals surface area (Å²) in [6.07, 6.45) is 11.9. The van der Waals surface area contributed by atoms with Crippen LogP contribution in [0.25, 0.3) is 22.0 Å². The number of carbonyl (C=O) groups is 1. The highest BCUT2D eigenvalue weighted by atomic mass is 19.1. The Kier molecular flexibility index (Phi) is 4.66. The number of hydrogen-bond donors (Lipinski definition) is 2. The lowest BCUT2D eigenvalue weighted by molar-refractivity contribution is -0.00385. The molecule has 6 nitrogen and oxygen atoms in total. The van der Waals surface area contributed by atoms with Crippen molar-refractivity contribution in [3.8, 4) is 11.1 Å². The quantitative estimate of drug-likeness (QED) is 0.538. The van der Waals surface area contributed by atoms with Crippen LogP contribution in [0.15, 0.2) is 30.7 Å². The van der Waals surface area contributed by atoms with Crippen molar-refractivity contribution in [3.63, 3.8) is 0 Å². The minimum Gasteiger partial charge on any atom is -0.381 e. The average molecular weight is 434 g/mol. The molecule has 0 spiro atoms. The first-order valence-electron chi connectivity index (χ1n) is 11.8. The molecule has 0 saturated heterocycles. The molecular weight excluding hydrogens is 405 g/mol. The molecule has 2 heterocycles. The van der Waals surface area contributed by atoms with Gasteiger partial charge in [-0.1, -0.05) is 13.3 Å². The third-order valence-electron chi connectivity index (χ3n) is 7.34. The summed E-state index contributed by atoms with van der Waals surface area (Å²) in [7, 11) is 0. The molecule has 4 saturated carbocycles. The monoisotopic (exact) mass is 433 g/mol. The number of unbranched alkanes of at least 4 members (excludes halogenated alkanes) is 1. The fourth-order valence-electron chi connectivity index (χ4n) is 4.89. The third-order valence-corrected chi connectivity index (χ3v) is 7.34. The van der Waals surface area contributed by atoms with Gasteiger partial charge < -0.3 is 10.6 Å². The first-order chi connectivity index (χ1) is 15.6. The van der Waals surface area contributed by atoms with Crippen molar-refractivity contribution in [1.29, 1.82) is 0 Å². The SMILES string of the molecule is CCCCn1cc(-c2cc3c(NC4C5CC4C5)c(C(=O)NC4CC4)cnc3cc2F)cn1. The van der Waals surface area contributed by atoms with Crippen LogP contribution < -0.4 is 10.6 Å². The van der Waals surface area contributed by atoms with Gasteiger partial charge in [-0.25, -0.2) is 4.39 Å². The van der Waals surface area contributed by atoms with Crippen LogP contribution in [0.1, 0.15) is 55.8 Å². The average Bonchev–Trinajstić information content (AvgIpc) is 3.41. The summed E-state index contributed by atoms with van der Waals surface area (Å²) < 4.78 is 16.9. The molecule has 0 unspecified atom stereocenters. The van der Waals surface area contributed by atoms with E-state index in [0.29, 0.717) is 34.5 Å². The Bertz CT molecular complexity index is 1190. The molecule has 2 bridgehead atoms. The summed E-state index contributed by atoms with van der Waals surface area (Å²) in [6.45, 7) is 2.95. The van der Waals surface area contributed by atoms with E-state index in [-0.39, 0.29) is 17.8 Å². The van der Waals surface area contributed by atoms with Crippen LogP contribution in [-0.2, 0) is 6.54 Å². The Morgan fingerprint density at radius 1 is 1.22 bits per heavy atom. The standard InChI is InChI=1S/C25H28FN5O/c1-2-3-6-31-13-16(11-28-31)18-9-19-22(10-21(18)26)27-12-20(25(32)29-17-4-5-17)24(19)30-23-14-7-15(23)8-14/h9-15,17,23H,2-8H2,1H3,(H,27,30)(H,29,32). The Balaban J connectivity index is 1.42. The van der Waals surface area contributed by atoms with Crippen molar-refractivity contribution in [3.05, 3.63) is 42.1 Å². The number of amides is 1. The Hall–Kier alpha value is -2.96. The van der Waals surface area contributed by atoms with Crippen molar-refractivity contribution in [2.45, 2.75) is 64.1 Å². The van der Waals surface area contributed by atoms with Crippen molar-refractivity contribution >= 4 is 22.5 Å². The van der Waals surface area contributed by atoms with E-state index in [0.717, 1.165) is 48.9 Å². The van der Waals surface area contributed by atoms with Gasteiger partial charge in [-0.3, -0.25) is 14.5 Å². The smallest absolute Gasteiger partial charge is 0.255 e. The number of hydrogen-bond acceptors (Lipinski definition) is 4. The molecule has 4 aliphatic carbocycles. The van der Waals surface area contributed by atoms with E-state index in [1.165, 1.54) is 18.9 Å². The minimum absolute atomic E-state index is 0.101. The second kappa shape index (κ2) is 7.57. The summed E-state index contributed by atoms with van der Waals surface area (Å²) >= 11 is 0. The van der Waals surface area contributed by atoms with Crippen molar-refractivity contribution in [2.24, 2.45) is 11.8 Å². The summed E-state index contributed by atoms with van der Waals surface area (Å²) in [6, 6.07) is 3.97. The maximum absolute atomic E-state index is 15.1. The van der Waals surface area contributed by atoms with E-state index in [4.69, 9.17) is 0 Å². The van der Waals surface area contributed by atoms with Crippen molar-refractivity contribution in [1.82, 2.24) is 20.1 Å². The second-order valence-electron chi connectivity index (χ2n) is 9.65. The number of aromatic nitrogens is 3. The highest BCUT2D eigenvalue weighted by Gasteiger charge is 2.52. The van der Waals surface area contributed by atoms with Gasteiger partial charge in [0.1, 0.15) is 5.82 Å². The molecule has 166 valence electrons. The van der Waals surface area contributed by atoms with Crippen LogP contribution in [0.2, 0.25) is 0 Å². The number of anilines is 1. The molecule has 0 atom stereocenters. The van der Waals surface area contributed by atoms with Gasteiger partial charge in [-0.05, 0) is 50.0 Å². The van der Waals surface area contributed by atoms with E-state index < -0.39 is 0 Å². The fraction of sp³-hybridized carbons (Fsp3) is 0.480. The van der Waals surface area contributed by atoms with Gasteiger partial charge in [-0.2, -0.15) is 5.10 Å².